The van der Waals surface area contributed by atoms with Gasteiger partial charge in [0.05, 0.1) is 18.2 Å². The third kappa shape index (κ3) is 2.56. The molecule has 4 heteroatoms. The molecule has 4 rings (SSSR count). The highest BCUT2D eigenvalue weighted by Gasteiger charge is 2.36. The van der Waals surface area contributed by atoms with Crippen LogP contribution < -0.4 is 0 Å². The number of fused-ring (bicyclic) bond motifs is 1. The largest absolute Gasteiger partial charge is 0.335 e. The molecule has 2 heterocycles. The topological polar surface area (TPSA) is 38.1 Å². The van der Waals surface area contributed by atoms with Crippen LogP contribution in [0.15, 0.2) is 36.7 Å². The van der Waals surface area contributed by atoms with E-state index in [1.165, 1.54) is 16.7 Å². The number of aromatic nitrogens is 2. The summed E-state index contributed by atoms with van der Waals surface area (Å²) < 4.78 is 1.83. The molecule has 1 aliphatic carbocycles. The van der Waals surface area contributed by atoms with Crippen LogP contribution in [0.4, 0.5) is 0 Å². The maximum atomic E-state index is 13.3. The lowest BCUT2D eigenvalue weighted by Crippen LogP contribution is -2.36. The number of likely N-dealkylation sites (tertiary alicyclic amines) is 1. The van der Waals surface area contributed by atoms with Crippen LogP contribution in [0.5, 0.6) is 0 Å². The number of carbonyl (C=O) groups excluding carboxylic acids is 1. The van der Waals surface area contributed by atoms with Crippen molar-refractivity contribution in [2.75, 3.05) is 6.54 Å². The predicted molar refractivity (Wildman–Crippen MR) is 89.0 cm³/mol. The van der Waals surface area contributed by atoms with Crippen molar-refractivity contribution in [1.29, 1.82) is 0 Å². The first-order valence-electron chi connectivity index (χ1n) is 8.61. The van der Waals surface area contributed by atoms with Crippen LogP contribution in [0.2, 0.25) is 0 Å². The van der Waals surface area contributed by atoms with Crippen LogP contribution in [-0.4, -0.2) is 27.1 Å². The number of hydrogen-bond acceptors (Lipinski definition) is 2. The van der Waals surface area contributed by atoms with Crippen LogP contribution in [0, 0.1) is 0 Å². The molecule has 2 unspecified atom stereocenters. The number of carbonyl (C=O) groups is 1. The van der Waals surface area contributed by atoms with Crippen molar-refractivity contribution in [2.24, 2.45) is 7.05 Å². The van der Waals surface area contributed by atoms with Crippen LogP contribution in [0.25, 0.3) is 0 Å². The van der Waals surface area contributed by atoms with Crippen LogP contribution >= 0.6 is 0 Å². The Morgan fingerprint density at radius 2 is 2.09 bits per heavy atom. The highest BCUT2D eigenvalue weighted by molar-refractivity contribution is 5.85. The van der Waals surface area contributed by atoms with Gasteiger partial charge in [0.1, 0.15) is 0 Å². The van der Waals surface area contributed by atoms with Crippen LogP contribution in [-0.2, 0) is 18.3 Å². The SMILES string of the molecule is Cn1cc(C2CCCN2C(=O)C2CCCc3ccccc32)cn1. The minimum absolute atomic E-state index is 0.0391. The number of aryl methyl sites for hydroxylation is 2. The van der Waals surface area contributed by atoms with Gasteiger partial charge in [0.15, 0.2) is 0 Å². The molecular formula is C19H23N3O. The minimum Gasteiger partial charge on any atom is -0.335 e. The quantitative estimate of drug-likeness (QED) is 0.854. The van der Waals surface area contributed by atoms with E-state index in [9.17, 15) is 4.79 Å². The molecule has 1 fully saturated rings. The molecule has 2 atom stereocenters. The Morgan fingerprint density at radius 1 is 1.22 bits per heavy atom. The van der Waals surface area contributed by atoms with Gasteiger partial charge in [-0.1, -0.05) is 24.3 Å². The molecule has 0 spiro atoms. The number of rotatable bonds is 2. The molecule has 2 aliphatic rings. The van der Waals surface area contributed by atoms with E-state index < -0.39 is 0 Å². The molecule has 0 saturated carbocycles. The summed E-state index contributed by atoms with van der Waals surface area (Å²) in [6.45, 7) is 0.872. The van der Waals surface area contributed by atoms with Crippen molar-refractivity contribution < 1.29 is 4.79 Å². The maximum absolute atomic E-state index is 13.3. The van der Waals surface area contributed by atoms with Gasteiger partial charge in [0.25, 0.3) is 0 Å². The molecule has 0 bridgehead atoms. The normalized spacial score (nSPS) is 23.8. The standard InChI is InChI=1S/C19H23N3O/c1-21-13-15(12-20-21)18-10-5-11-22(18)19(23)17-9-4-7-14-6-2-3-8-16(14)17/h2-3,6,8,12-13,17-18H,4-5,7,9-11H2,1H3. The first kappa shape index (κ1) is 14.5. The summed E-state index contributed by atoms with van der Waals surface area (Å²) >= 11 is 0. The molecule has 2 aromatic rings. The van der Waals surface area contributed by atoms with E-state index in [1.54, 1.807) is 0 Å². The van der Waals surface area contributed by atoms with Crippen LogP contribution in [0.3, 0.4) is 0 Å². The fourth-order valence-electron chi connectivity index (χ4n) is 4.20. The van der Waals surface area contributed by atoms with Gasteiger partial charge in [-0.25, -0.2) is 0 Å². The van der Waals surface area contributed by atoms with Gasteiger partial charge in [-0.2, -0.15) is 5.10 Å². The molecule has 23 heavy (non-hydrogen) atoms. The zero-order chi connectivity index (χ0) is 15.8. The smallest absolute Gasteiger partial charge is 0.230 e. The fraction of sp³-hybridized carbons (Fsp3) is 0.474. The third-order valence-corrected chi connectivity index (χ3v) is 5.31. The summed E-state index contributed by atoms with van der Waals surface area (Å²) in [4.78, 5) is 15.4. The fourth-order valence-corrected chi connectivity index (χ4v) is 4.20. The second-order valence-corrected chi connectivity index (χ2v) is 6.78. The number of hydrogen-bond donors (Lipinski definition) is 0. The second kappa shape index (κ2) is 5.84. The maximum Gasteiger partial charge on any atom is 0.230 e. The van der Waals surface area contributed by atoms with Crippen molar-refractivity contribution >= 4 is 5.91 Å². The molecule has 1 aliphatic heterocycles. The second-order valence-electron chi connectivity index (χ2n) is 6.78. The Labute approximate surface area is 137 Å². The van der Waals surface area contributed by atoms with Crippen molar-refractivity contribution in [2.45, 2.75) is 44.1 Å². The van der Waals surface area contributed by atoms with Gasteiger partial charge in [-0.05, 0) is 43.2 Å². The Bertz CT molecular complexity index is 721. The lowest BCUT2D eigenvalue weighted by molar-refractivity contribution is -0.134. The van der Waals surface area contributed by atoms with Gasteiger partial charge < -0.3 is 4.90 Å². The summed E-state index contributed by atoms with van der Waals surface area (Å²) in [5, 5.41) is 4.28. The predicted octanol–water partition coefficient (Wildman–Crippen LogP) is 3.20. The van der Waals surface area contributed by atoms with Gasteiger partial charge in [0.2, 0.25) is 5.91 Å². The minimum atomic E-state index is 0.0391. The van der Waals surface area contributed by atoms with Gasteiger partial charge >= 0.3 is 0 Å². The lowest BCUT2D eigenvalue weighted by Gasteiger charge is -2.31. The van der Waals surface area contributed by atoms with Crippen molar-refractivity contribution in [3.05, 3.63) is 53.3 Å². The first-order chi connectivity index (χ1) is 11.2. The average Bonchev–Trinajstić information content (AvgIpc) is 3.22. The Hall–Kier alpha value is -2.10. The van der Waals surface area contributed by atoms with E-state index >= 15 is 0 Å². The monoisotopic (exact) mass is 309 g/mol. The number of benzene rings is 1. The van der Waals surface area contributed by atoms with Gasteiger partial charge in [-0.3, -0.25) is 9.48 Å². The average molecular weight is 309 g/mol. The molecular weight excluding hydrogens is 286 g/mol. The van der Waals surface area contributed by atoms with Crippen molar-refractivity contribution in [3.8, 4) is 0 Å². The molecule has 0 radical (unpaired) electrons. The van der Waals surface area contributed by atoms with Crippen LogP contribution in [0.1, 0.15) is 54.3 Å². The number of nitrogens with zero attached hydrogens (tertiary/aromatic N) is 3. The van der Waals surface area contributed by atoms with E-state index in [0.717, 1.165) is 38.6 Å². The Morgan fingerprint density at radius 3 is 2.91 bits per heavy atom. The molecule has 1 amide bonds. The van der Waals surface area contributed by atoms with Gasteiger partial charge in [0, 0.05) is 25.4 Å². The molecule has 4 nitrogen and oxygen atoms in total. The summed E-state index contributed by atoms with van der Waals surface area (Å²) in [5.41, 5.74) is 3.78. The van der Waals surface area contributed by atoms with E-state index in [-0.39, 0.29) is 12.0 Å². The third-order valence-electron chi connectivity index (χ3n) is 5.31. The van der Waals surface area contributed by atoms with Crippen molar-refractivity contribution in [1.82, 2.24) is 14.7 Å². The zero-order valence-corrected chi connectivity index (χ0v) is 13.6. The molecule has 1 saturated heterocycles. The Kier molecular flexibility index (Phi) is 3.68. The molecule has 1 aromatic heterocycles. The highest BCUT2D eigenvalue weighted by atomic mass is 16.2. The van der Waals surface area contributed by atoms with Gasteiger partial charge in [-0.15, -0.1) is 0 Å². The first-order valence-corrected chi connectivity index (χ1v) is 8.61. The van der Waals surface area contributed by atoms with E-state index in [0.29, 0.717) is 5.91 Å². The number of amides is 1. The van der Waals surface area contributed by atoms with E-state index in [1.807, 2.05) is 24.1 Å². The zero-order valence-electron chi connectivity index (χ0n) is 13.6. The highest BCUT2D eigenvalue weighted by Crippen LogP contribution is 2.38. The molecule has 120 valence electrons. The summed E-state index contributed by atoms with van der Waals surface area (Å²) in [6, 6.07) is 8.67. The Balaban J connectivity index is 1.62. The molecule has 0 N–H and O–H groups in total. The van der Waals surface area contributed by atoms with E-state index in [2.05, 4.69) is 34.3 Å². The summed E-state index contributed by atoms with van der Waals surface area (Å²) in [7, 11) is 1.93. The van der Waals surface area contributed by atoms with E-state index in [4.69, 9.17) is 0 Å². The molecule has 1 aromatic carbocycles. The summed E-state index contributed by atoms with van der Waals surface area (Å²) in [6.07, 6.45) is 9.28. The van der Waals surface area contributed by atoms with Crippen molar-refractivity contribution in [3.63, 3.8) is 0 Å². The summed E-state index contributed by atoms with van der Waals surface area (Å²) in [5.74, 6) is 0.348. The lowest BCUT2D eigenvalue weighted by atomic mass is 9.82.